The topological polar surface area (TPSA) is 78.5 Å². The average molecular weight is 365 g/mol. The van der Waals surface area contributed by atoms with Crippen LogP contribution in [0.4, 0.5) is 10.5 Å². The van der Waals surface area contributed by atoms with Crippen LogP contribution in [0.1, 0.15) is 42.2 Å². The van der Waals surface area contributed by atoms with Crippen LogP contribution in [0.5, 0.6) is 0 Å². The standard InChI is InChI=1S/C21H23N3O3/c1-14(16-6-4-3-5-7-16)24-13-19(12-20(24)26)23-21(27)22-18-10-8-17(9-11-18)15(2)25/h3-11,14,19H,12-13H2,1-2H3,(H2,22,23,27). The summed E-state index contributed by atoms with van der Waals surface area (Å²) in [5, 5.41) is 5.59. The van der Waals surface area contributed by atoms with Gasteiger partial charge in [0, 0.05) is 24.2 Å². The van der Waals surface area contributed by atoms with E-state index in [1.807, 2.05) is 37.3 Å². The third-order valence-corrected chi connectivity index (χ3v) is 4.79. The van der Waals surface area contributed by atoms with Crippen molar-refractivity contribution >= 4 is 23.4 Å². The molecule has 1 heterocycles. The van der Waals surface area contributed by atoms with E-state index in [2.05, 4.69) is 10.6 Å². The van der Waals surface area contributed by atoms with Gasteiger partial charge in [0.05, 0.1) is 12.1 Å². The Bertz CT molecular complexity index is 834. The van der Waals surface area contributed by atoms with E-state index < -0.39 is 0 Å². The van der Waals surface area contributed by atoms with Gasteiger partial charge in [-0.25, -0.2) is 4.79 Å². The van der Waals surface area contributed by atoms with Crippen molar-refractivity contribution in [1.29, 1.82) is 0 Å². The zero-order chi connectivity index (χ0) is 19.4. The second kappa shape index (κ2) is 8.03. The van der Waals surface area contributed by atoms with Gasteiger partial charge >= 0.3 is 6.03 Å². The number of likely N-dealkylation sites (tertiary alicyclic amines) is 1. The summed E-state index contributed by atoms with van der Waals surface area (Å²) in [5.74, 6) is 0.00515. The molecule has 0 saturated carbocycles. The van der Waals surface area contributed by atoms with E-state index >= 15 is 0 Å². The number of carbonyl (C=O) groups excluding carboxylic acids is 3. The molecule has 0 aromatic heterocycles. The Morgan fingerprint density at radius 3 is 2.37 bits per heavy atom. The van der Waals surface area contributed by atoms with Crippen LogP contribution in [0.2, 0.25) is 0 Å². The summed E-state index contributed by atoms with van der Waals surface area (Å²) >= 11 is 0. The van der Waals surface area contributed by atoms with Gasteiger partial charge in [-0.1, -0.05) is 30.3 Å². The predicted molar refractivity (Wildman–Crippen MR) is 104 cm³/mol. The first-order chi connectivity index (χ1) is 12.9. The summed E-state index contributed by atoms with van der Waals surface area (Å²) < 4.78 is 0. The molecule has 3 rings (SSSR count). The minimum atomic E-state index is -0.363. The van der Waals surface area contributed by atoms with E-state index in [1.54, 1.807) is 29.2 Å². The highest BCUT2D eigenvalue weighted by molar-refractivity contribution is 5.95. The van der Waals surface area contributed by atoms with Gasteiger partial charge in [0.25, 0.3) is 0 Å². The Morgan fingerprint density at radius 2 is 1.74 bits per heavy atom. The van der Waals surface area contributed by atoms with Crippen LogP contribution < -0.4 is 10.6 Å². The molecule has 1 aliphatic heterocycles. The molecular weight excluding hydrogens is 342 g/mol. The Kier molecular flexibility index (Phi) is 5.54. The summed E-state index contributed by atoms with van der Waals surface area (Å²) in [5.41, 5.74) is 2.26. The number of ketones is 1. The number of nitrogens with zero attached hydrogens (tertiary/aromatic N) is 1. The first-order valence-corrected chi connectivity index (χ1v) is 8.97. The van der Waals surface area contributed by atoms with Gasteiger partial charge in [-0.2, -0.15) is 0 Å². The van der Waals surface area contributed by atoms with E-state index in [0.717, 1.165) is 5.56 Å². The van der Waals surface area contributed by atoms with Crippen molar-refractivity contribution in [3.63, 3.8) is 0 Å². The lowest BCUT2D eigenvalue weighted by Gasteiger charge is -2.25. The Labute approximate surface area is 158 Å². The van der Waals surface area contributed by atoms with E-state index in [9.17, 15) is 14.4 Å². The van der Waals surface area contributed by atoms with Crippen molar-refractivity contribution < 1.29 is 14.4 Å². The van der Waals surface area contributed by atoms with E-state index in [4.69, 9.17) is 0 Å². The number of Topliss-reactive ketones (excluding diaryl/α,β-unsaturated/α-hetero) is 1. The molecule has 27 heavy (non-hydrogen) atoms. The maximum absolute atomic E-state index is 12.4. The first kappa shape index (κ1) is 18.6. The lowest BCUT2D eigenvalue weighted by molar-refractivity contribution is -0.129. The number of nitrogens with one attached hydrogen (secondary N) is 2. The minimum absolute atomic E-state index is 0.0249. The lowest BCUT2D eigenvalue weighted by Crippen LogP contribution is -2.40. The van der Waals surface area contributed by atoms with Crippen LogP contribution in [0.25, 0.3) is 0 Å². The molecule has 2 aromatic rings. The average Bonchev–Trinajstić information content (AvgIpc) is 3.02. The molecular formula is C21H23N3O3. The normalized spacial score (nSPS) is 17.5. The second-order valence-electron chi connectivity index (χ2n) is 6.77. The molecule has 1 fully saturated rings. The highest BCUT2D eigenvalue weighted by Crippen LogP contribution is 2.25. The molecule has 0 spiro atoms. The van der Waals surface area contributed by atoms with Crippen LogP contribution in [-0.2, 0) is 4.79 Å². The molecule has 3 amide bonds. The second-order valence-corrected chi connectivity index (χ2v) is 6.77. The smallest absolute Gasteiger partial charge is 0.319 e. The quantitative estimate of drug-likeness (QED) is 0.798. The SMILES string of the molecule is CC(=O)c1ccc(NC(=O)NC2CC(=O)N(C(C)c3ccccc3)C2)cc1. The van der Waals surface area contributed by atoms with Crippen LogP contribution in [0.3, 0.4) is 0 Å². The third-order valence-electron chi connectivity index (χ3n) is 4.79. The monoisotopic (exact) mass is 365 g/mol. The summed E-state index contributed by atoms with van der Waals surface area (Å²) in [6.07, 6.45) is 0.286. The van der Waals surface area contributed by atoms with Crippen LogP contribution in [-0.4, -0.2) is 35.2 Å². The number of carbonyl (C=O) groups is 3. The fourth-order valence-electron chi connectivity index (χ4n) is 3.25. The van der Waals surface area contributed by atoms with Gasteiger partial charge in [0.15, 0.2) is 5.78 Å². The Balaban J connectivity index is 1.56. The van der Waals surface area contributed by atoms with E-state index in [0.29, 0.717) is 17.8 Å². The molecule has 140 valence electrons. The summed E-state index contributed by atoms with van der Waals surface area (Å²) in [7, 11) is 0. The highest BCUT2D eigenvalue weighted by atomic mass is 16.2. The van der Waals surface area contributed by atoms with Gasteiger partial charge in [0.1, 0.15) is 0 Å². The largest absolute Gasteiger partial charge is 0.334 e. The number of hydrogen-bond donors (Lipinski definition) is 2. The van der Waals surface area contributed by atoms with Gasteiger partial charge < -0.3 is 15.5 Å². The maximum Gasteiger partial charge on any atom is 0.319 e. The van der Waals surface area contributed by atoms with Gasteiger partial charge in [-0.15, -0.1) is 0 Å². The van der Waals surface area contributed by atoms with E-state index in [1.165, 1.54) is 6.92 Å². The molecule has 0 aliphatic carbocycles. The molecule has 0 bridgehead atoms. The van der Waals surface area contributed by atoms with Crippen molar-refractivity contribution in [3.05, 3.63) is 65.7 Å². The lowest BCUT2D eigenvalue weighted by atomic mass is 10.1. The van der Waals surface area contributed by atoms with Crippen LogP contribution in [0.15, 0.2) is 54.6 Å². The summed E-state index contributed by atoms with van der Waals surface area (Å²) in [4.78, 5) is 37.7. The van der Waals surface area contributed by atoms with Gasteiger partial charge in [-0.05, 0) is 43.7 Å². The minimum Gasteiger partial charge on any atom is -0.334 e. The molecule has 2 aromatic carbocycles. The van der Waals surface area contributed by atoms with Crippen molar-refractivity contribution in [3.8, 4) is 0 Å². The maximum atomic E-state index is 12.4. The third kappa shape index (κ3) is 4.53. The predicted octanol–water partition coefficient (Wildman–Crippen LogP) is 3.37. The summed E-state index contributed by atoms with van der Waals surface area (Å²) in [6, 6.07) is 15.9. The van der Waals surface area contributed by atoms with Crippen molar-refractivity contribution in [2.24, 2.45) is 0 Å². The van der Waals surface area contributed by atoms with E-state index in [-0.39, 0.29) is 36.2 Å². The molecule has 2 unspecified atom stereocenters. The van der Waals surface area contributed by atoms with Gasteiger partial charge in [-0.3, -0.25) is 9.59 Å². The zero-order valence-corrected chi connectivity index (χ0v) is 15.4. The molecule has 1 saturated heterocycles. The number of benzene rings is 2. The van der Waals surface area contributed by atoms with Crippen LogP contribution in [0, 0.1) is 0 Å². The molecule has 6 nitrogen and oxygen atoms in total. The number of urea groups is 1. The Hall–Kier alpha value is -3.15. The zero-order valence-electron chi connectivity index (χ0n) is 15.4. The molecule has 1 aliphatic rings. The molecule has 2 atom stereocenters. The molecule has 6 heteroatoms. The fraction of sp³-hybridized carbons (Fsp3) is 0.286. The molecule has 2 N–H and O–H groups in total. The number of hydrogen-bond acceptors (Lipinski definition) is 3. The van der Waals surface area contributed by atoms with Crippen LogP contribution >= 0.6 is 0 Å². The Morgan fingerprint density at radius 1 is 1.07 bits per heavy atom. The summed E-state index contributed by atoms with van der Waals surface area (Å²) in [6.45, 7) is 3.96. The number of rotatable bonds is 5. The fourth-order valence-corrected chi connectivity index (χ4v) is 3.25. The van der Waals surface area contributed by atoms with Crippen molar-refractivity contribution in [1.82, 2.24) is 10.2 Å². The number of anilines is 1. The van der Waals surface area contributed by atoms with Gasteiger partial charge in [0.2, 0.25) is 5.91 Å². The highest BCUT2D eigenvalue weighted by Gasteiger charge is 2.33. The van der Waals surface area contributed by atoms with Crippen molar-refractivity contribution in [2.45, 2.75) is 32.4 Å². The van der Waals surface area contributed by atoms with Crippen molar-refractivity contribution in [2.75, 3.05) is 11.9 Å². The number of amides is 3. The molecule has 0 radical (unpaired) electrons. The first-order valence-electron chi connectivity index (χ1n) is 8.97.